The molecule has 1 aromatic carbocycles. The molecule has 0 saturated heterocycles. The van der Waals surface area contributed by atoms with Crippen LogP contribution in [0.2, 0.25) is 10.2 Å². The summed E-state index contributed by atoms with van der Waals surface area (Å²) in [7, 11) is 0. The Morgan fingerprint density at radius 3 is 2.42 bits per heavy atom. The first kappa shape index (κ1) is 14.6. The Labute approximate surface area is 127 Å². The number of halogens is 2. The molecule has 0 fully saturated rings. The van der Waals surface area contributed by atoms with Crippen LogP contribution in [0.25, 0.3) is 0 Å². The molecule has 0 bridgehead atoms. The van der Waals surface area contributed by atoms with Crippen molar-refractivity contribution < 1.29 is 0 Å². The van der Waals surface area contributed by atoms with Crippen LogP contribution < -0.4 is 0 Å². The van der Waals surface area contributed by atoms with Crippen LogP contribution in [0.3, 0.4) is 0 Å². The molecular formula is C14H14Cl2N2S. The molecule has 0 atom stereocenters. The second kappa shape index (κ2) is 6.12. The summed E-state index contributed by atoms with van der Waals surface area (Å²) in [5.74, 6) is 0.994. The minimum Gasteiger partial charge on any atom is -0.226 e. The average Bonchev–Trinajstić information content (AvgIpc) is 2.37. The third kappa shape index (κ3) is 3.41. The molecule has 0 aliphatic rings. The number of nitrogens with zero attached hydrogens (tertiary/aromatic N) is 2. The summed E-state index contributed by atoms with van der Waals surface area (Å²) in [6.45, 7) is 6.02. The molecule has 0 aliphatic carbocycles. The van der Waals surface area contributed by atoms with Gasteiger partial charge in [-0.2, -0.15) is 0 Å². The number of rotatable bonds is 3. The molecule has 0 amide bonds. The maximum absolute atomic E-state index is 6.17. The molecule has 1 aromatic heterocycles. The molecule has 1 heterocycles. The van der Waals surface area contributed by atoms with Gasteiger partial charge in [0.2, 0.25) is 0 Å². The van der Waals surface area contributed by atoms with Gasteiger partial charge >= 0.3 is 0 Å². The molecule has 0 N–H and O–H groups in total. The topological polar surface area (TPSA) is 25.8 Å². The van der Waals surface area contributed by atoms with E-state index in [0.717, 1.165) is 21.3 Å². The zero-order valence-electron chi connectivity index (χ0n) is 10.9. The lowest BCUT2D eigenvalue weighted by molar-refractivity contribution is 0.747. The highest BCUT2D eigenvalue weighted by molar-refractivity contribution is 7.99. The van der Waals surface area contributed by atoms with Crippen molar-refractivity contribution in [1.82, 2.24) is 9.97 Å². The molecule has 19 heavy (non-hydrogen) atoms. The molecule has 0 unspecified atom stereocenters. The van der Waals surface area contributed by atoms with Gasteiger partial charge < -0.3 is 0 Å². The van der Waals surface area contributed by atoms with Crippen molar-refractivity contribution >= 4 is 35.0 Å². The Morgan fingerprint density at radius 2 is 1.79 bits per heavy atom. The fraction of sp³-hybridized carbons (Fsp3) is 0.286. The number of hydrogen-bond donors (Lipinski definition) is 0. The summed E-state index contributed by atoms with van der Waals surface area (Å²) in [6, 6.07) is 7.70. The lowest BCUT2D eigenvalue weighted by Gasteiger charge is -2.11. The minimum absolute atomic E-state index is 0.240. The fourth-order valence-corrected chi connectivity index (χ4v) is 2.87. The Bertz CT molecular complexity index is 600. The maximum Gasteiger partial charge on any atom is 0.136 e. The molecule has 0 spiro atoms. The number of benzene rings is 1. The second-order valence-corrected chi connectivity index (χ2v) is 6.29. The van der Waals surface area contributed by atoms with E-state index in [2.05, 4.69) is 9.97 Å². The lowest BCUT2D eigenvalue weighted by Crippen LogP contribution is -2.01. The first-order chi connectivity index (χ1) is 8.99. The van der Waals surface area contributed by atoms with E-state index < -0.39 is 0 Å². The normalized spacial score (nSPS) is 11.1. The highest BCUT2D eigenvalue weighted by Crippen LogP contribution is 2.35. The molecule has 2 rings (SSSR count). The van der Waals surface area contributed by atoms with Crippen LogP contribution in [0.15, 0.2) is 34.2 Å². The smallest absolute Gasteiger partial charge is 0.136 e. The van der Waals surface area contributed by atoms with Gasteiger partial charge in [-0.15, -0.1) is 0 Å². The molecule has 0 radical (unpaired) electrons. The Hall–Kier alpha value is -0.770. The van der Waals surface area contributed by atoms with Gasteiger partial charge in [0.05, 0.1) is 5.02 Å². The van der Waals surface area contributed by atoms with Gasteiger partial charge in [0.1, 0.15) is 16.0 Å². The zero-order chi connectivity index (χ0) is 14.0. The zero-order valence-corrected chi connectivity index (χ0v) is 13.3. The Morgan fingerprint density at radius 1 is 1.11 bits per heavy atom. The van der Waals surface area contributed by atoms with E-state index in [-0.39, 0.29) is 5.92 Å². The van der Waals surface area contributed by atoms with Gasteiger partial charge in [0.15, 0.2) is 0 Å². The van der Waals surface area contributed by atoms with Crippen molar-refractivity contribution in [3.05, 3.63) is 45.8 Å². The van der Waals surface area contributed by atoms with Crippen molar-refractivity contribution in [2.24, 2.45) is 0 Å². The van der Waals surface area contributed by atoms with E-state index in [1.165, 1.54) is 11.8 Å². The largest absolute Gasteiger partial charge is 0.226 e. The highest BCUT2D eigenvalue weighted by atomic mass is 35.5. The maximum atomic E-state index is 6.17. The van der Waals surface area contributed by atoms with E-state index in [1.54, 1.807) is 0 Å². The molecule has 5 heteroatoms. The van der Waals surface area contributed by atoms with Gasteiger partial charge in [0, 0.05) is 16.4 Å². The van der Waals surface area contributed by atoms with E-state index in [0.29, 0.717) is 10.2 Å². The molecule has 0 aliphatic heterocycles. The van der Waals surface area contributed by atoms with Crippen LogP contribution in [-0.2, 0) is 0 Å². The summed E-state index contributed by atoms with van der Waals surface area (Å²) in [6.07, 6.45) is 0. The summed E-state index contributed by atoms with van der Waals surface area (Å²) < 4.78 is 0. The predicted molar refractivity (Wildman–Crippen MR) is 81.4 cm³/mol. The third-order valence-electron chi connectivity index (χ3n) is 2.62. The summed E-state index contributed by atoms with van der Waals surface area (Å²) in [5, 5.41) is 2.08. The third-order valence-corrected chi connectivity index (χ3v) is 4.60. The van der Waals surface area contributed by atoms with Gasteiger partial charge in [-0.05, 0) is 19.1 Å². The lowest BCUT2D eigenvalue weighted by atomic mass is 10.2. The second-order valence-electron chi connectivity index (χ2n) is 4.49. The van der Waals surface area contributed by atoms with E-state index in [4.69, 9.17) is 23.2 Å². The van der Waals surface area contributed by atoms with Crippen LogP contribution in [0.5, 0.6) is 0 Å². The van der Waals surface area contributed by atoms with Crippen molar-refractivity contribution in [2.75, 3.05) is 0 Å². The van der Waals surface area contributed by atoms with Crippen LogP contribution in [0.1, 0.15) is 31.2 Å². The highest BCUT2D eigenvalue weighted by Gasteiger charge is 2.13. The SMILES string of the molecule is Cc1c(Cl)nc(C(C)C)nc1Sc1ccccc1Cl. The first-order valence-corrected chi connectivity index (χ1v) is 7.52. The Balaban J connectivity index is 2.42. The molecule has 100 valence electrons. The molecular weight excluding hydrogens is 299 g/mol. The van der Waals surface area contributed by atoms with Crippen LogP contribution in [0, 0.1) is 6.92 Å². The van der Waals surface area contributed by atoms with Crippen LogP contribution >= 0.6 is 35.0 Å². The van der Waals surface area contributed by atoms with Gasteiger partial charge in [-0.1, -0.05) is 60.9 Å². The Kier molecular flexibility index (Phi) is 4.71. The summed E-state index contributed by atoms with van der Waals surface area (Å²) in [5.41, 5.74) is 0.885. The molecule has 2 aromatic rings. The van der Waals surface area contributed by atoms with Crippen molar-refractivity contribution in [3.63, 3.8) is 0 Å². The monoisotopic (exact) mass is 312 g/mol. The predicted octanol–water partition coefficient (Wildman–Crippen LogP) is 5.37. The number of hydrogen-bond acceptors (Lipinski definition) is 3. The quantitative estimate of drug-likeness (QED) is 0.713. The number of aromatic nitrogens is 2. The molecule has 2 nitrogen and oxygen atoms in total. The van der Waals surface area contributed by atoms with E-state index in [9.17, 15) is 0 Å². The summed E-state index contributed by atoms with van der Waals surface area (Å²) in [4.78, 5) is 9.85. The van der Waals surface area contributed by atoms with Crippen LogP contribution in [0.4, 0.5) is 0 Å². The van der Waals surface area contributed by atoms with E-state index in [1.807, 2.05) is 45.0 Å². The van der Waals surface area contributed by atoms with Gasteiger partial charge in [-0.3, -0.25) is 0 Å². The van der Waals surface area contributed by atoms with Crippen molar-refractivity contribution in [1.29, 1.82) is 0 Å². The standard InChI is InChI=1S/C14H14Cl2N2S/c1-8(2)13-17-12(16)9(3)14(18-13)19-11-7-5-4-6-10(11)15/h4-8H,1-3H3. The van der Waals surface area contributed by atoms with Crippen LogP contribution in [-0.4, -0.2) is 9.97 Å². The van der Waals surface area contributed by atoms with Gasteiger partial charge in [0.25, 0.3) is 0 Å². The first-order valence-electron chi connectivity index (χ1n) is 5.95. The van der Waals surface area contributed by atoms with Gasteiger partial charge in [-0.25, -0.2) is 9.97 Å². The summed E-state index contributed by atoms with van der Waals surface area (Å²) >= 11 is 13.9. The fourth-order valence-electron chi connectivity index (χ4n) is 1.47. The average molecular weight is 313 g/mol. The van der Waals surface area contributed by atoms with E-state index >= 15 is 0 Å². The minimum atomic E-state index is 0.240. The van der Waals surface area contributed by atoms with Crippen molar-refractivity contribution in [2.45, 2.75) is 36.6 Å². The molecule has 0 saturated carbocycles. The van der Waals surface area contributed by atoms with Crippen molar-refractivity contribution in [3.8, 4) is 0 Å².